The van der Waals surface area contributed by atoms with E-state index >= 15 is 0 Å². The first-order valence-corrected chi connectivity index (χ1v) is 34.2. The molecule has 0 saturated carbocycles. The first-order valence-electron chi connectivity index (χ1n) is 34.2. The van der Waals surface area contributed by atoms with Crippen LogP contribution in [-0.4, -0.2) is 87.4 Å². The van der Waals surface area contributed by atoms with E-state index in [-0.39, 0.29) is 32.2 Å². The van der Waals surface area contributed by atoms with Crippen molar-refractivity contribution in [3.05, 3.63) is 36.5 Å². The minimum Gasteiger partial charge on any atom is -0.477 e. The highest BCUT2D eigenvalue weighted by Gasteiger charge is 2.25. The molecule has 464 valence electrons. The summed E-state index contributed by atoms with van der Waals surface area (Å²) in [6, 6.07) is 0. The molecule has 0 spiro atoms. The van der Waals surface area contributed by atoms with E-state index in [2.05, 4.69) is 50.3 Å². The Morgan fingerprint density at radius 3 is 1.04 bits per heavy atom. The fourth-order valence-electron chi connectivity index (χ4n) is 10.1. The number of hydrogen-bond acceptors (Lipinski definition) is 7. The van der Waals surface area contributed by atoms with Crippen LogP contribution in [0.5, 0.6) is 0 Å². The molecule has 1 N–H and O–H groups in total. The molecule has 0 amide bonds. The van der Waals surface area contributed by atoms with Crippen molar-refractivity contribution in [1.29, 1.82) is 0 Å². The molecule has 0 aromatic heterocycles. The summed E-state index contributed by atoms with van der Waals surface area (Å²) in [4.78, 5) is 37.5. The van der Waals surface area contributed by atoms with Crippen LogP contribution in [0.1, 0.15) is 335 Å². The molecule has 0 fully saturated rings. The Labute approximate surface area is 490 Å². The first kappa shape index (κ1) is 76.5. The Hall–Kier alpha value is -2.49. The number of hydrogen-bond donors (Lipinski definition) is 1. The van der Waals surface area contributed by atoms with Crippen LogP contribution in [-0.2, 0) is 33.3 Å². The second-order valence-electron chi connectivity index (χ2n) is 24.5. The predicted molar refractivity (Wildman–Crippen MR) is 337 cm³/mol. The fourth-order valence-corrected chi connectivity index (χ4v) is 10.1. The van der Waals surface area contributed by atoms with Gasteiger partial charge in [0.1, 0.15) is 13.2 Å². The second-order valence-corrected chi connectivity index (χ2v) is 24.5. The molecule has 9 heteroatoms. The Kier molecular flexibility index (Phi) is 59.6. The van der Waals surface area contributed by atoms with Crippen molar-refractivity contribution in [2.24, 2.45) is 0 Å². The number of carbonyl (C=O) groups is 3. The van der Waals surface area contributed by atoms with E-state index in [4.69, 9.17) is 18.9 Å². The van der Waals surface area contributed by atoms with Gasteiger partial charge in [0, 0.05) is 12.8 Å². The summed E-state index contributed by atoms with van der Waals surface area (Å²) >= 11 is 0. The molecule has 0 saturated heterocycles. The van der Waals surface area contributed by atoms with Gasteiger partial charge in [0.05, 0.1) is 34.4 Å². The van der Waals surface area contributed by atoms with Crippen molar-refractivity contribution in [2.45, 2.75) is 347 Å². The zero-order valence-electron chi connectivity index (χ0n) is 53.1. The zero-order chi connectivity index (χ0) is 57.6. The molecule has 0 aromatic rings. The average molecular weight is 1120 g/mol. The molecular weight excluding hydrogens is 983 g/mol. The van der Waals surface area contributed by atoms with Crippen molar-refractivity contribution in [3.63, 3.8) is 0 Å². The zero-order valence-corrected chi connectivity index (χ0v) is 53.1. The minimum atomic E-state index is -1.51. The third-order valence-electron chi connectivity index (χ3n) is 15.4. The number of esters is 2. The van der Waals surface area contributed by atoms with Gasteiger partial charge in [-0.3, -0.25) is 9.59 Å². The van der Waals surface area contributed by atoms with Gasteiger partial charge >= 0.3 is 17.9 Å². The Morgan fingerprint density at radius 1 is 0.380 bits per heavy atom. The number of nitrogens with zero attached hydrogens (tertiary/aromatic N) is 1. The summed E-state index contributed by atoms with van der Waals surface area (Å²) < 4.78 is 23.0. The number of rotatable bonds is 64. The van der Waals surface area contributed by atoms with Gasteiger partial charge in [-0.15, -0.1) is 0 Å². The Morgan fingerprint density at radius 2 is 0.684 bits per heavy atom. The number of allylic oxidation sites excluding steroid dienone is 6. The molecule has 0 heterocycles. The third kappa shape index (κ3) is 63.0. The maximum atomic E-state index is 12.9. The molecule has 0 aromatic carbocycles. The van der Waals surface area contributed by atoms with Gasteiger partial charge in [0.2, 0.25) is 0 Å². The number of aliphatic carboxylic acids is 1. The smallest absolute Gasteiger partial charge is 0.361 e. The lowest BCUT2D eigenvalue weighted by Crippen LogP contribution is -2.40. The summed E-state index contributed by atoms with van der Waals surface area (Å²) in [7, 11) is 5.98. The monoisotopic (exact) mass is 1110 g/mol. The fraction of sp³-hybridized carbons (Fsp3) is 0.871. The van der Waals surface area contributed by atoms with Gasteiger partial charge in [0.15, 0.2) is 6.10 Å². The molecule has 0 aliphatic rings. The van der Waals surface area contributed by atoms with Gasteiger partial charge in [0.25, 0.3) is 6.29 Å². The molecule has 2 atom stereocenters. The van der Waals surface area contributed by atoms with Crippen molar-refractivity contribution in [3.8, 4) is 0 Å². The van der Waals surface area contributed by atoms with Gasteiger partial charge in [-0.25, -0.2) is 4.79 Å². The normalized spacial score (nSPS) is 12.9. The van der Waals surface area contributed by atoms with E-state index in [1.165, 1.54) is 257 Å². The van der Waals surface area contributed by atoms with Crippen LogP contribution >= 0.6 is 0 Å². The molecule has 0 aliphatic heterocycles. The molecule has 0 aliphatic carbocycles. The largest absolute Gasteiger partial charge is 0.477 e. The maximum Gasteiger partial charge on any atom is 0.361 e. The van der Waals surface area contributed by atoms with E-state index in [9.17, 15) is 19.5 Å². The quantitative estimate of drug-likeness (QED) is 0.0211. The topological polar surface area (TPSA) is 108 Å². The number of carboxylic acids is 1. The molecule has 0 rings (SSSR count). The van der Waals surface area contributed by atoms with Crippen LogP contribution in [0.4, 0.5) is 0 Å². The van der Waals surface area contributed by atoms with Crippen molar-refractivity contribution >= 4 is 17.9 Å². The molecular formula is C70H132NO8+. The van der Waals surface area contributed by atoms with Gasteiger partial charge in [-0.1, -0.05) is 288 Å². The highest BCUT2D eigenvalue weighted by atomic mass is 16.7. The summed E-state index contributed by atoms with van der Waals surface area (Å²) in [5, 5.41) is 9.72. The number of unbranched alkanes of at least 4 members (excludes halogenated alkanes) is 43. The lowest BCUT2D eigenvalue weighted by atomic mass is 10.0. The number of ether oxygens (including phenoxy) is 4. The molecule has 2 unspecified atom stereocenters. The van der Waals surface area contributed by atoms with E-state index in [1.54, 1.807) is 0 Å². The number of likely N-dealkylation sites (N-methyl/N-ethyl adjacent to an activating group) is 1. The number of carboxylic acid groups (broad SMARTS) is 1. The maximum absolute atomic E-state index is 12.9. The van der Waals surface area contributed by atoms with Crippen LogP contribution in [0.25, 0.3) is 0 Å². The highest BCUT2D eigenvalue weighted by Crippen LogP contribution is 2.18. The summed E-state index contributed by atoms with van der Waals surface area (Å²) in [5.74, 6) is -1.99. The Bertz CT molecular complexity index is 1390. The minimum absolute atomic E-state index is 0.179. The van der Waals surface area contributed by atoms with Gasteiger partial charge < -0.3 is 28.5 Å². The van der Waals surface area contributed by atoms with Crippen LogP contribution in [0.15, 0.2) is 36.5 Å². The van der Waals surface area contributed by atoms with Crippen molar-refractivity contribution in [1.82, 2.24) is 0 Å². The summed E-state index contributed by atoms with van der Waals surface area (Å²) in [6.07, 6.45) is 74.1. The number of carbonyl (C=O) groups excluding carboxylic acids is 2. The first-order chi connectivity index (χ1) is 38.6. The average Bonchev–Trinajstić information content (AvgIpc) is 3.42. The second kappa shape index (κ2) is 61.6. The van der Waals surface area contributed by atoms with E-state index in [0.29, 0.717) is 17.4 Å². The van der Waals surface area contributed by atoms with E-state index in [0.717, 1.165) is 51.4 Å². The van der Waals surface area contributed by atoms with Gasteiger partial charge in [-0.2, -0.15) is 0 Å². The third-order valence-corrected chi connectivity index (χ3v) is 15.4. The standard InChI is InChI=1S/C70H131NO8/c1-6-8-10-12-14-16-18-20-22-24-26-27-28-29-30-31-32-33-34-35-36-37-38-39-40-41-43-44-46-48-50-52-54-56-58-60-67(72)77-64-66(65-78-70(69(74)75)76-63-62-71(3,4)5)79-68(73)61-59-57-55-53-51-49-47-45-42-25-23-21-19-17-15-13-11-9-7-2/h15,17,21,23-24,26,66,70H,6-14,16,18-20,22,25,27-65H2,1-5H3/p+1/b17-15-,23-21-,26-24-. The molecule has 0 bridgehead atoms. The lowest BCUT2D eigenvalue weighted by molar-refractivity contribution is -0.870. The van der Waals surface area contributed by atoms with Crippen LogP contribution in [0, 0.1) is 0 Å². The lowest BCUT2D eigenvalue weighted by Gasteiger charge is -2.25. The predicted octanol–water partition coefficient (Wildman–Crippen LogP) is 20.8. The summed E-state index contributed by atoms with van der Waals surface area (Å²) in [5.41, 5.74) is 0. The molecule has 0 radical (unpaired) electrons. The van der Waals surface area contributed by atoms with Crippen LogP contribution in [0.2, 0.25) is 0 Å². The van der Waals surface area contributed by atoms with E-state index in [1.807, 2.05) is 21.1 Å². The molecule has 9 nitrogen and oxygen atoms in total. The van der Waals surface area contributed by atoms with Crippen molar-refractivity contribution in [2.75, 3.05) is 47.5 Å². The highest BCUT2D eigenvalue weighted by molar-refractivity contribution is 5.71. The van der Waals surface area contributed by atoms with Crippen molar-refractivity contribution < 1.29 is 42.9 Å². The van der Waals surface area contributed by atoms with Crippen LogP contribution < -0.4 is 0 Å². The Balaban J connectivity index is 4.00. The van der Waals surface area contributed by atoms with E-state index < -0.39 is 24.3 Å². The van der Waals surface area contributed by atoms with Crippen LogP contribution in [0.3, 0.4) is 0 Å². The number of quaternary nitrogens is 1. The summed E-state index contributed by atoms with van der Waals surface area (Å²) in [6.45, 7) is 4.90. The SMILES string of the molecule is CCCCC/C=C\C/C=C\CCCCCCCCCCCC(=O)OC(COC(=O)CCCCCCCCCCCCCCCCCCCCCCCCC/C=C\CCCCCCCCCC)COC(OCC[N+](C)(C)C)C(=O)O. The molecule has 79 heavy (non-hydrogen) atoms. The van der Waals surface area contributed by atoms with Gasteiger partial charge in [-0.05, 0) is 70.6 Å².